The van der Waals surface area contributed by atoms with Crippen molar-refractivity contribution in [3.05, 3.63) is 66.5 Å². The zero-order chi connectivity index (χ0) is 17.3. The molecule has 2 aromatic carbocycles. The maximum Gasteiger partial charge on any atom is 0.191 e. The third kappa shape index (κ3) is 5.08. The summed E-state index contributed by atoms with van der Waals surface area (Å²) in [6.07, 6.45) is 2.71. The number of ether oxygens (including phenoxy) is 2. The van der Waals surface area contributed by atoms with E-state index in [2.05, 4.69) is 20.8 Å². The fourth-order valence-corrected chi connectivity index (χ4v) is 3.30. The molecule has 25 heavy (non-hydrogen) atoms. The number of benzene rings is 2. The molecular weight excluding hydrogens is 334 g/mol. The second kappa shape index (κ2) is 9.25. The minimum atomic E-state index is 0.732. The molecule has 5 nitrogen and oxygen atoms in total. The highest BCUT2D eigenvalue weighted by Crippen LogP contribution is 2.30. The molecule has 0 aliphatic heterocycles. The van der Waals surface area contributed by atoms with E-state index < -0.39 is 0 Å². The Labute approximate surface area is 152 Å². The van der Waals surface area contributed by atoms with Crippen LogP contribution in [-0.2, 0) is 17.0 Å². The van der Waals surface area contributed by atoms with Gasteiger partial charge in [0.15, 0.2) is 5.16 Å². The first-order valence-electron chi connectivity index (χ1n) is 8.17. The Morgan fingerprint density at radius 2 is 1.84 bits per heavy atom. The molecule has 0 aliphatic carbocycles. The van der Waals surface area contributed by atoms with E-state index in [-0.39, 0.29) is 0 Å². The highest BCUT2D eigenvalue weighted by Gasteiger charge is 2.09. The van der Waals surface area contributed by atoms with Crippen LogP contribution in [0.3, 0.4) is 0 Å². The Balaban J connectivity index is 1.65. The van der Waals surface area contributed by atoms with Gasteiger partial charge in [-0.15, -0.1) is 10.2 Å². The molecule has 3 rings (SSSR count). The maximum atomic E-state index is 6.02. The molecule has 1 aromatic heterocycles. The molecule has 0 spiro atoms. The topological polar surface area (TPSA) is 49.2 Å². The van der Waals surface area contributed by atoms with Crippen LogP contribution < -0.4 is 4.74 Å². The van der Waals surface area contributed by atoms with Crippen LogP contribution in [0.5, 0.6) is 11.5 Å². The van der Waals surface area contributed by atoms with Gasteiger partial charge in [0.05, 0.1) is 0 Å². The summed E-state index contributed by atoms with van der Waals surface area (Å²) in [5.74, 6) is 2.47. The molecule has 130 valence electrons. The lowest BCUT2D eigenvalue weighted by atomic mass is 10.2. The Kier molecular flexibility index (Phi) is 6.48. The average Bonchev–Trinajstić information content (AvgIpc) is 3.09. The van der Waals surface area contributed by atoms with Crippen LogP contribution in [0.4, 0.5) is 0 Å². The molecule has 0 saturated heterocycles. The fourth-order valence-electron chi connectivity index (χ4n) is 2.37. The summed E-state index contributed by atoms with van der Waals surface area (Å²) >= 11 is 1.66. The van der Waals surface area contributed by atoms with E-state index in [1.807, 2.05) is 48.5 Å². The monoisotopic (exact) mass is 355 g/mol. The number of aromatic nitrogens is 3. The summed E-state index contributed by atoms with van der Waals surface area (Å²) < 4.78 is 13.2. The number of nitrogens with zero attached hydrogens (tertiary/aromatic N) is 3. The lowest BCUT2D eigenvalue weighted by Gasteiger charge is -2.11. The van der Waals surface area contributed by atoms with Gasteiger partial charge in [-0.3, -0.25) is 0 Å². The highest BCUT2D eigenvalue weighted by atomic mass is 32.2. The number of aryl methyl sites for hydroxylation is 1. The molecule has 0 fully saturated rings. The van der Waals surface area contributed by atoms with E-state index in [1.165, 1.54) is 0 Å². The van der Waals surface area contributed by atoms with Gasteiger partial charge in [0.2, 0.25) is 0 Å². The molecule has 0 aliphatic rings. The Hall–Kier alpha value is -2.31. The zero-order valence-corrected chi connectivity index (χ0v) is 15.0. The number of methoxy groups -OCH3 is 1. The van der Waals surface area contributed by atoms with Crippen molar-refractivity contribution in [2.75, 3.05) is 13.7 Å². The van der Waals surface area contributed by atoms with Crippen LogP contribution >= 0.6 is 11.8 Å². The van der Waals surface area contributed by atoms with Crippen LogP contribution in [-0.4, -0.2) is 28.5 Å². The van der Waals surface area contributed by atoms with Gasteiger partial charge in [-0.05, 0) is 24.6 Å². The molecule has 0 bridgehead atoms. The zero-order valence-electron chi connectivity index (χ0n) is 14.2. The molecule has 0 saturated carbocycles. The van der Waals surface area contributed by atoms with Crippen molar-refractivity contribution in [1.29, 1.82) is 0 Å². The summed E-state index contributed by atoms with van der Waals surface area (Å²) in [6, 6.07) is 17.9. The van der Waals surface area contributed by atoms with Gasteiger partial charge in [-0.1, -0.05) is 48.2 Å². The average molecular weight is 355 g/mol. The van der Waals surface area contributed by atoms with Crippen LogP contribution in [0.15, 0.2) is 66.1 Å². The fraction of sp³-hybridized carbons (Fsp3) is 0.263. The predicted molar refractivity (Wildman–Crippen MR) is 99.0 cm³/mol. The van der Waals surface area contributed by atoms with Crippen molar-refractivity contribution in [2.24, 2.45) is 0 Å². The Morgan fingerprint density at radius 3 is 2.68 bits per heavy atom. The molecule has 0 radical (unpaired) electrons. The third-order valence-electron chi connectivity index (χ3n) is 3.63. The van der Waals surface area contributed by atoms with E-state index in [9.17, 15) is 0 Å². The smallest absolute Gasteiger partial charge is 0.191 e. The summed E-state index contributed by atoms with van der Waals surface area (Å²) in [6.45, 7) is 1.58. The normalized spacial score (nSPS) is 10.8. The first-order valence-corrected chi connectivity index (χ1v) is 9.15. The van der Waals surface area contributed by atoms with Gasteiger partial charge >= 0.3 is 0 Å². The van der Waals surface area contributed by atoms with Gasteiger partial charge in [0.25, 0.3) is 0 Å². The van der Waals surface area contributed by atoms with E-state index in [1.54, 1.807) is 25.2 Å². The molecular formula is C19H21N3O2S. The van der Waals surface area contributed by atoms with E-state index in [0.717, 1.165) is 47.5 Å². The lowest BCUT2D eigenvalue weighted by molar-refractivity contribution is 0.189. The summed E-state index contributed by atoms with van der Waals surface area (Å²) in [4.78, 5) is 0. The standard InChI is InChI=1S/C19H21N3O2S/c1-23-13-7-12-22-15-20-21-19(22)25-14-16-8-5-6-11-18(16)24-17-9-3-2-4-10-17/h2-6,8-11,15H,7,12-14H2,1H3. The predicted octanol–water partition coefficient (Wildman–Crippen LogP) is 4.40. The van der Waals surface area contributed by atoms with Crippen molar-refractivity contribution in [2.45, 2.75) is 23.9 Å². The minimum absolute atomic E-state index is 0.732. The summed E-state index contributed by atoms with van der Waals surface area (Å²) in [7, 11) is 1.71. The van der Waals surface area contributed by atoms with Crippen LogP contribution in [0.2, 0.25) is 0 Å². The van der Waals surface area contributed by atoms with E-state index >= 15 is 0 Å². The number of hydrogen-bond donors (Lipinski definition) is 0. The van der Waals surface area contributed by atoms with Gasteiger partial charge in [-0.25, -0.2) is 0 Å². The second-order valence-corrected chi connectivity index (χ2v) is 6.41. The van der Waals surface area contributed by atoms with Crippen molar-refractivity contribution in [1.82, 2.24) is 14.8 Å². The van der Waals surface area contributed by atoms with Gasteiger partial charge in [0, 0.05) is 31.6 Å². The Morgan fingerprint density at radius 1 is 1.04 bits per heavy atom. The minimum Gasteiger partial charge on any atom is -0.457 e. The van der Waals surface area contributed by atoms with Gasteiger partial charge < -0.3 is 14.0 Å². The van der Waals surface area contributed by atoms with Crippen molar-refractivity contribution in [3.63, 3.8) is 0 Å². The van der Waals surface area contributed by atoms with Crippen molar-refractivity contribution in [3.8, 4) is 11.5 Å². The molecule has 0 unspecified atom stereocenters. The first kappa shape index (κ1) is 17.5. The number of hydrogen-bond acceptors (Lipinski definition) is 5. The molecule has 0 N–H and O–H groups in total. The molecule has 0 amide bonds. The second-order valence-electron chi connectivity index (χ2n) is 5.46. The van der Waals surface area contributed by atoms with Crippen LogP contribution in [0, 0.1) is 0 Å². The quantitative estimate of drug-likeness (QED) is 0.421. The number of thioether (sulfide) groups is 1. The van der Waals surface area contributed by atoms with E-state index in [4.69, 9.17) is 9.47 Å². The number of para-hydroxylation sites is 2. The first-order chi connectivity index (χ1) is 12.4. The largest absolute Gasteiger partial charge is 0.457 e. The summed E-state index contributed by atoms with van der Waals surface area (Å²) in [5.41, 5.74) is 1.13. The Bertz CT molecular complexity index is 777. The highest BCUT2D eigenvalue weighted by molar-refractivity contribution is 7.98. The van der Waals surface area contributed by atoms with Gasteiger partial charge in [-0.2, -0.15) is 0 Å². The summed E-state index contributed by atoms with van der Waals surface area (Å²) in [5, 5.41) is 9.15. The molecule has 0 atom stereocenters. The van der Waals surface area contributed by atoms with Crippen molar-refractivity contribution < 1.29 is 9.47 Å². The third-order valence-corrected chi connectivity index (χ3v) is 4.66. The van der Waals surface area contributed by atoms with Crippen LogP contribution in [0.1, 0.15) is 12.0 Å². The van der Waals surface area contributed by atoms with Crippen LogP contribution in [0.25, 0.3) is 0 Å². The van der Waals surface area contributed by atoms with E-state index in [0.29, 0.717) is 0 Å². The van der Waals surface area contributed by atoms with Gasteiger partial charge in [0.1, 0.15) is 17.8 Å². The SMILES string of the molecule is COCCCn1cnnc1SCc1ccccc1Oc1ccccc1. The molecule has 3 aromatic rings. The molecule has 1 heterocycles. The lowest BCUT2D eigenvalue weighted by Crippen LogP contribution is -2.02. The maximum absolute atomic E-state index is 6.02. The van der Waals surface area contributed by atoms with Crippen molar-refractivity contribution >= 4 is 11.8 Å². The molecule has 6 heteroatoms. The number of rotatable bonds is 9.